The van der Waals surface area contributed by atoms with Crippen molar-refractivity contribution in [3.63, 3.8) is 0 Å². The average Bonchev–Trinajstić information content (AvgIpc) is 2.67. The highest BCUT2D eigenvalue weighted by atomic mass is 16.2. The Balaban J connectivity index is 1.74. The molecule has 1 amide bonds. The summed E-state index contributed by atoms with van der Waals surface area (Å²) < 4.78 is 0. The van der Waals surface area contributed by atoms with Crippen molar-refractivity contribution >= 4 is 17.5 Å². The summed E-state index contributed by atoms with van der Waals surface area (Å²) in [6.07, 6.45) is 0. The van der Waals surface area contributed by atoms with Gasteiger partial charge in [-0.25, -0.2) is 9.97 Å². The van der Waals surface area contributed by atoms with Crippen molar-refractivity contribution in [3.8, 4) is 0 Å². The molecule has 0 spiro atoms. The van der Waals surface area contributed by atoms with Crippen molar-refractivity contribution < 1.29 is 4.79 Å². The van der Waals surface area contributed by atoms with Crippen molar-refractivity contribution in [3.05, 3.63) is 47.8 Å². The summed E-state index contributed by atoms with van der Waals surface area (Å²) >= 11 is 0. The van der Waals surface area contributed by atoms with Crippen LogP contribution in [0.15, 0.2) is 36.4 Å². The van der Waals surface area contributed by atoms with E-state index in [0.717, 1.165) is 18.8 Å². The standard InChI is InChI=1S/C20H27N5O/c1-15(2)17-14-18(22-20(21-17)23(3)4)19(26)25-12-10-24(11-13-25)16-8-6-5-7-9-16/h5-9,14-15H,10-13H2,1-4H3. The molecule has 0 bridgehead atoms. The second-order valence-electron chi connectivity index (χ2n) is 7.14. The number of hydrogen-bond acceptors (Lipinski definition) is 5. The zero-order valence-corrected chi connectivity index (χ0v) is 16.0. The molecule has 2 heterocycles. The number of rotatable bonds is 4. The van der Waals surface area contributed by atoms with Gasteiger partial charge in [-0.3, -0.25) is 4.79 Å². The van der Waals surface area contributed by atoms with Gasteiger partial charge in [0.1, 0.15) is 5.69 Å². The molecule has 6 nitrogen and oxygen atoms in total. The number of anilines is 2. The summed E-state index contributed by atoms with van der Waals surface area (Å²) in [6, 6.07) is 12.2. The fourth-order valence-electron chi connectivity index (χ4n) is 3.03. The summed E-state index contributed by atoms with van der Waals surface area (Å²) in [4.78, 5) is 28.1. The van der Waals surface area contributed by atoms with E-state index < -0.39 is 0 Å². The molecule has 1 aliphatic heterocycles. The van der Waals surface area contributed by atoms with E-state index in [0.29, 0.717) is 24.7 Å². The van der Waals surface area contributed by atoms with Gasteiger partial charge in [-0.15, -0.1) is 0 Å². The van der Waals surface area contributed by atoms with E-state index in [1.807, 2.05) is 48.2 Å². The molecule has 0 aliphatic carbocycles. The van der Waals surface area contributed by atoms with Crippen molar-refractivity contribution in [2.24, 2.45) is 0 Å². The Kier molecular flexibility index (Phi) is 5.40. The van der Waals surface area contributed by atoms with Crippen LogP contribution in [0.25, 0.3) is 0 Å². The third-order valence-electron chi connectivity index (χ3n) is 4.63. The number of benzene rings is 1. The first-order valence-corrected chi connectivity index (χ1v) is 9.11. The second kappa shape index (κ2) is 7.72. The molecule has 0 radical (unpaired) electrons. The third-order valence-corrected chi connectivity index (χ3v) is 4.63. The van der Waals surface area contributed by atoms with Crippen LogP contribution >= 0.6 is 0 Å². The number of aromatic nitrogens is 2. The minimum atomic E-state index is -0.00916. The summed E-state index contributed by atoms with van der Waals surface area (Å²) in [7, 11) is 3.79. The van der Waals surface area contributed by atoms with Gasteiger partial charge in [0.25, 0.3) is 5.91 Å². The van der Waals surface area contributed by atoms with E-state index in [1.165, 1.54) is 5.69 Å². The molecule has 6 heteroatoms. The molecule has 1 aromatic carbocycles. The largest absolute Gasteiger partial charge is 0.368 e. The van der Waals surface area contributed by atoms with Gasteiger partial charge < -0.3 is 14.7 Å². The maximum absolute atomic E-state index is 13.0. The van der Waals surface area contributed by atoms with Crippen molar-refractivity contribution in [1.29, 1.82) is 0 Å². The fourth-order valence-corrected chi connectivity index (χ4v) is 3.03. The number of nitrogens with zero attached hydrogens (tertiary/aromatic N) is 5. The fraction of sp³-hybridized carbons (Fsp3) is 0.450. The molecule has 138 valence electrons. The van der Waals surface area contributed by atoms with Gasteiger partial charge in [0.05, 0.1) is 0 Å². The zero-order valence-electron chi connectivity index (χ0n) is 16.0. The number of amides is 1. The number of carbonyl (C=O) groups excluding carboxylic acids is 1. The molecule has 3 rings (SSSR count). The van der Waals surface area contributed by atoms with Crippen LogP contribution < -0.4 is 9.80 Å². The van der Waals surface area contributed by atoms with Crippen LogP contribution in [-0.4, -0.2) is 61.0 Å². The normalized spacial score (nSPS) is 14.7. The molecule has 0 unspecified atom stereocenters. The molecular formula is C20H27N5O. The number of hydrogen-bond donors (Lipinski definition) is 0. The topological polar surface area (TPSA) is 52.6 Å². The van der Waals surface area contributed by atoms with E-state index in [-0.39, 0.29) is 11.8 Å². The Morgan fingerprint density at radius 3 is 2.27 bits per heavy atom. The highest BCUT2D eigenvalue weighted by molar-refractivity contribution is 5.93. The van der Waals surface area contributed by atoms with Gasteiger partial charge in [-0.1, -0.05) is 32.0 Å². The molecule has 1 saturated heterocycles. The minimum absolute atomic E-state index is 0.00916. The van der Waals surface area contributed by atoms with E-state index in [2.05, 4.69) is 40.8 Å². The molecule has 26 heavy (non-hydrogen) atoms. The highest BCUT2D eigenvalue weighted by Gasteiger charge is 2.24. The molecule has 0 saturated carbocycles. The van der Waals surface area contributed by atoms with Crippen LogP contribution in [-0.2, 0) is 0 Å². The predicted molar refractivity (Wildman–Crippen MR) is 105 cm³/mol. The molecule has 0 N–H and O–H groups in total. The molecular weight excluding hydrogens is 326 g/mol. The van der Waals surface area contributed by atoms with E-state index in [1.54, 1.807) is 0 Å². The first-order chi connectivity index (χ1) is 12.5. The summed E-state index contributed by atoms with van der Waals surface area (Å²) in [5.74, 6) is 0.825. The van der Waals surface area contributed by atoms with Crippen LogP contribution in [0, 0.1) is 0 Å². The zero-order chi connectivity index (χ0) is 18.7. The monoisotopic (exact) mass is 353 g/mol. The van der Waals surface area contributed by atoms with Gasteiger partial charge in [-0.2, -0.15) is 0 Å². The van der Waals surface area contributed by atoms with Gasteiger partial charge in [0.2, 0.25) is 5.95 Å². The minimum Gasteiger partial charge on any atom is -0.368 e. The lowest BCUT2D eigenvalue weighted by atomic mass is 10.1. The van der Waals surface area contributed by atoms with Gasteiger partial charge in [0.15, 0.2) is 0 Å². The van der Waals surface area contributed by atoms with Crippen LogP contribution in [0.3, 0.4) is 0 Å². The number of piperazine rings is 1. The summed E-state index contributed by atoms with van der Waals surface area (Å²) in [5, 5.41) is 0. The second-order valence-corrected chi connectivity index (χ2v) is 7.14. The lowest BCUT2D eigenvalue weighted by Gasteiger charge is -2.36. The van der Waals surface area contributed by atoms with Crippen LogP contribution in [0.1, 0.15) is 35.9 Å². The summed E-state index contributed by atoms with van der Waals surface area (Å²) in [5.41, 5.74) is 2.59. The van der Waals surface area contributed by atoms with Crippen molar-refractivity contribution in [1.82, 2.24) is 14.9 Å². The first-order valence-electron chi connectivity index (χ1n) is 9.11. The van der Waals surface area contributed by atoms with E-state index >= 15 is 0 Å². The molecule has 0 atom stereocenters. The lowest BCUT2D eigenvalue weighted by molar-refractivity contribution is 0.0740. The smallest absolute Gasteiger partial charge is 0.272 e. The van der Waals surface area contributed by atoms with Gasteiger partial charge in [0, 0.05) is 51.7 Å². The van der Waals surface area contributed by atoms with Gasteiger partial charge >= 0.3 is 0 Å². The molecule has 1 aromatic heterocycles. The van der Waals surface area contributed by atoms with E-state index in [9.17, 15) is 4.79 Å². The lowest BCUT2D eigenvalue weighted by Crippen LogP contribution is -2.49. The van der Waals surface area contributed by atoms with Gasteiger partial charge in [-0.05, 0) is 24.1 Å². The van der Waals surface area contributed by atoms with Crippen molar-refractivity contribution in [2.45, 2.75) is 19.8 Å². The molecule has 1 aliphatic rings. The first kappa shape index (κ1) is 18.2. The third kappa shape index (κ3) is 3.95. The van der Waals surface area contributed by atoms with Crippen molar-refractivity contribution in [2.75, 3.05) is 50.1 Å². The Bertz CT molecular complexity index is 726. The highest BCUT2D eigenvalue weighted by Crippen LogP contribution is 2.19. The molecule has 1 fully saturated rings. The van der Waals surface area contributed by atoms with Crippen LogP contribution in [0.4, 0.5) is 11.6 Å². The maximum Gasteiger partial charge on any atom is 0.272 e. The van der Waals surface area contributed by atoms with E-state index in [4.69, 9.17) is 0 Å². The average molecular weight is 353 g/mol. The number of carbonyl (C=O) groups is 1. The number of para-hydroxylation sites is 1. The SMILES string of the molecule is CC(C)c1cc(C(=O)N2CCN(c3ccccc3)CC2)nc(N(C)C)n1. The van der Waals surface area contributed by atoms with Crippen LogP contribution in [0.5, 0.6) is 0 Å². The Morgan fingerprint density at radius 1 is 1.04 bits per heavy atom. The Hall–Kier alpha value is -2.63. The molecule has 2 aromatic rings. The van der Waals surface area contributed by atoms with Crippen LogP contribution in [0.2, 0.25) is 0 Å². The predicted octanol–water partition coefficient (Wildman–Crippen LogP) is 2.63. The summed E-state index contributed by atoms with van der Waals surface area (Å²) in [6.45, 7) is 7.22. The quantitative estimate of drug-likeness (QED) is 0.846. The Morgan fingerprint density at radius 2 is 1.69 bits per heavy atom. The maximum atomic E-state index is 13.0. The Labute approximate surface area is 155 Å².